The van der Waals surface area contributed by atoms with Crippen LogP contribution in [0.1, 0.15) is 19.2 Å². The summed E-state index contributed by atoms with van der Waals surface area (Å²) >= 11 is 0. The summed E-state index contributed by atoms with van der Waals surface area (Å²) in [6.07, 6.45) is 0.669. The first-order valence-corrected chi connectivity index (χ1v) is 5.18. The Kier molecular flexibility index (Phi) is 2.63. The van der Waals surface area contributed by atoms with Crippen molar-refractivity contribution in [3.63, 3.8) is 0 Å². The molecular formula is C9H15N5O2. The lowest BCUT2D eigenvalue weighted by Crippen LogP contribution is -2.31. The predicted octanol–water partition coefficient (Wildman–Crippen LogP) is -0.493. The van der Waals surface area contributed by atoms with Gasteiger partial charge in [0.05, 0.1) is 19.0 Å². The highest BCUT2D eigenvalue weighted by Crippen LogP contribution is 2.30. The van der Waals surface area contributed by atoms with Gasteiger partial charge in [-0.2, -0.15) is 4.80 Å². The van der Waals surface area contributed by atoms with Gasteiger partial charge in [0.15, 0.2) is 5.82 Å². The van der Waals surface area contributed by atoms with Crippen LogP contribution in [0.15, 0.2) is 0 Å². The summed E-state index contributed by atoms with van der Waals surface area (Å²) in [6.45, 7) is 3.65. The molecule has 1 atom stereocenters. The Bertz CT molecular complexity index is 404. The molecule has 7 heteroatoms. The van der Waals surface area contributed by atoms with Gasteiger partial charge in [0.25, 0.3) is 0 Å². The van der Waals surface area contributed by atoms with Crippen molar-refractivity contribution in [1.29, 1.82) is 0 Å². The molecule has 1 aliphatic heterocycles. The maximum atomic E-state index is 11.1. The lowest BCUT2D eigenvalue weighted by molar-refractivity contribution is -0.147. The molecule has 1 fully saturated rings. The highest BCUT2D eigenvalue weighted by Gasteiger charge is 2.40. The minimum Gasteiger partial charge on any atom is -0.481 e. The fourth-order valence-electron chi connectivity index (χ4n) is 1.95. The van der Waals surface area contributed by atoms with Crippen LogP contribution in [-0.4, -0.2) is 49.3 Å². The lowest BCUT2D eigenvalue weighted by Gasteiger charge is -2.18. The van der Waals surface area contributed by atoms with E-state index in [4.69, 9.17) is 5.11 Å². The van der Waals surface area contributed by atoms with Gasteiger partial charge in [-0.15, -0.1) is 10.2 Å². The first-order valence-electron chi connectivity index (χ1n) is 5.18. The molecule has 0 radical (unpaired) electrons. The molecule has 1 unspecified atom stereocenters. The molecule has 0 aromatic carbocycles. The smallest absolute Gasteiger partial charge is 0.310 e. The zero-order valence-corrected chi connectivity index (χ0v) is 9.42. The molecule has 1 aromatic rings. The van der Waals surface area contributed by atoms with Crippen molar-refractivity contribution in [1.82, 2.24) is 25.1 Å². The average Bonchev–Trinajstić information content (AvgIpc) is 2.75. The maximum absolute atomic E-state index is 11.1. The molecule has 1 N–H and O–H groups in total. The van der Waals surface area contributed by atoms with E-state index in [1.807, 2.05) is 4.90 Å². The van der Waals surface area contributed by atoms with Crippen LogP contribution in [0.2, 0.25) is 0 Å². The van der Waals surface area contributed by atoms with Gasteiger partial charge in [-0.25, -0.2) is 0 Å². The quantitative estimate of drug-likeness (QED) is 0.747. The van der Waals surface area contributed by atoms with Crippen LogP contribution < -0.4 is 0 Å². The molecule has 0 bridgehead atoms. The second-order valence-corrected chi connectivity index (χ2v) is 4.52. The van der Waals surface area contributed by atoms with Crippen molar-refractivity contribution < 1.29 is 9.90 Å². The first-order chi connectivity index (χ1) is 7.49. The zero-order chi connectivity index (χ0) is 11.8. The summed E-state index contributed by atoms with van der Waals surface area (Å²) in [5.41, 5.74) is -0.637. The van der Waals surface area contributed by atoms with E-state index in [0.29, 0.717) is 25.3 Å². The second-order valence-electron chi connectivity index (χ2n) is 4.52. The molecule has 0 aliphatic carbocycles. The van der Waals surface area contributed by atoms with Crippen LogP contribution >= 0.6 is 0 Å². The lowest BCUT2D eigenvalue weighted by atomic mass is 9.90. The minimum atomic E-state index is -0.734. The molecule has 2 rings (SSSR count). The summed E-state index contributed by atoms with van der Waals surface area (Å²) in [7, 11) is 1.71. The van der Waals surface area contributed by atoms with Crippen molar-refractivity contribution in [2.75, 3.05) is 13.1 Å². The Balaban J connectivity index is 1.97. The molecule has 0 spiro atoms. The van der Waals surface area contributed by atoms with Crippen molar-refractivity contribution >= 4 is 5.97 Å². The maximum Gasteiger partial charge on any atom is 0.310 e. The van der Waals surface area contributed by atoms with E-state index in [0.717, 1.165) is 6.54 Å². The van der Waals surface area contributed by atoms with Crippen molar-refractivity contribution in [2.24, 2.45) is 12.5 Å². The number of likely N-dealkylation sites (tertiary alicyclic amines) is 1. The zero-order valence-electron chi connectivity index (χ0n) is 9.42. The van der Waals surface area contributed by atoms with Crippen LogP contribution in [-0.2, 0) is 18.4 Å². The fourth-order valence-corrected chi connectivity index (χ4v) is 1.95. The second kappa shape index (κ2) is 3.82. The van der Waals surface area contributed by atoms with Gasteiger partial charge in [-0.05, 0) is 25.1 Å². The summed E-state index contributed by atoms with van der Waals surface area (Å²) in [5, 5.41) is 20.8. The third-order valence-electron chi connectivity index (χ3n) is 2.98. The normalized spacial score (nSPS) is 26.1. The largest absolute Gasteiger partial charge is 0.481 e. The summed E-state index contributed by atoms with van der Waals surface area (Å²) in [5.74, 6) is -0.0979. The fraction of sp³-hybridized carbons (Fsp3) is 0.778. The molecule has 1 saturated heterocycles. The van der Waals surface area contributed by atoms with Crippen molar-refractivity contribution in [3.8, 4) is 0 Å². The summed E-state index contributed by atoms with van der Waals surface area (Å²) in [6, 6.07) is 0. The number of rotatable bonds is 3. The van der Waals surface area contributed by atoms with Gasteiger partial charge in [-0.1, -0.05) is 0 Å². The van der Waals surface area contributed by atoms with Gasteiger partial charge in [-0.3, -0.25) is 9.69 Å². The summed E-state index contributed by atoms with van der Waals surface area (Å²) < 4.78 is 0. The molecule has 0 saturated carbocycles. The number of hydrogen-bond acceptors (Lipinski definition) is 5. The number of aliphatic carboxylic acids is 1. The first kappa shape index (κ1) is 11.0. The van der Waals surface area contributed by atoms with Gasteiger partial charge in [0.2, 0.25) is 0 Å². The number of tetrazole rings is 1. The van der Waals surface area contributed by atoms with Gasteiger partial charge >= 0.3 is 5.97 Å². The predicted molar refractivity (Wildman–Crippen MR) is 54.4 cm³/mol. The molecule has 0 amide bonds. The highest BCUT2D eigenvalue weighted by molar-refractivity contribution is 5.74. The van der Waals surface area contributed by atoms with Gasteiger partial charge in [0, 0.05) is 6.54 Å². The van der Waals surface area contributed by atoms with E-state index in [-0.39, 0.29) is 0 Å². The number of nitrogens with zero attached hydrogens (tertiary/aromatic N) is 5. The van der Waals surface area contributed by atoms with Crippen LogP contribution in [0, 0.1) is 5.41 Å². The van der Waals surface area contributed by atoms with E-state index in [1.54, 1.807) is 14.0 Å². The molecule has 7 nitrogen and oxygen atoms in total. The Morgan fingerprint density at radius 2 is 2.38 bits per heavy atom. The topological polar surface area (TPSA) is 84.1 Å². The summed E-state index contributed by atoms with van der Waals surface area (Å²) in [4.78, 5) is 14.5. The van der Waals surface area contributed by atoms with E-state index in [2.05, 4.69) is 15.4 Å². The molecule has 1 aliphatic rings. The Morgan fingerprint density at radius 3 is 2.88 bits per heavy atom. The van der Waals surface area contributed by atoms with E-state index in [9.17, 15) is 4.79 Å². The van der Waals surface area contributed by atoms with Gasteiger partial charge < -0.3 is 5.11 Å². The number of carboxylic acids is 1. The van der Waals surface area contributed by atoms with E-state index < -0.39 is 11.4 Å². The van der Waals surface area contributed by atoms with Gasteiger partial charge in [0.1, 0.15) is 0 Å². The minimum absolute atomic E-state index is 0.542. The molecular weight excluding hydrogens is 210 g/mol. The monoisotopic (exact) mass is 225 g/mol. The molecule has 1 aromatic heterocycles. The van der Waals surface area contributed by atoms with E-state index in [1.165, 1.54) is 4.80 Å². The number of carbonyl (C=O) groups is 1. The standard InChI is InChI=1S/C9H15N5O2/c1-9(8(15)16)3-4-14(6-9)5-7-10-12-13(2)11-7/h3-6H2,1-2H3,(H,15,16). The Hall–Kier alpha value is -1.50. The van der Waals surface area contributed by atoms with Crippen LogP contribution in [0.4, 0.5) is 0 Å². The van der Waals surface area contributed by atoms with E-state index >= 15 is 0 Å². The third kappa shape index (κ3) is 2.04. The van der Waals surface area contributed by atoms with Crippen molar-refractivity contribution in [2.45, 2.75) is 19.9 Å². The van der Waals surface area contributed by atoms with Crippen LogP contribution in [0.3, 0.4) is 0 Å². The molecule has 88 valence electrons. The average molecular weight is 225 g/mol. The Morgan fingerprint density at radius 1 is 1.62 bits per heavy atom. The number of aromatic nitrogens is 4. The number of aryl methyl sites for hydroxylation is 1. The molecule has 16 heavy (non-hydrogen) atoms. The highest BCUT2D eigenvalue weighted by atomic mass is 16.4. The SMILES string of the molecule is Cn1nnc(CN2CCC(C)(C(=O)O)C2)n1. The third-order valence-corrected chi connectivity index (χ3v) is 2.98. The van der Waals surface area contributed by atoms with Crippen LogP contribution in [0.25, 0.3) is 0 Å². The van der Waals surface area contributed by atoms with Crippen LogP contribution in [0.5, 0.6) is 0 Å². The number of hydrogen-bond donors (Lipinski definition) is 1. The number of carboxylic acid groups (broad SMARTS) is 1. The van der Waals surface area contributed by atoms with Crippen molar-refractivity contribution in [3.05, 3.63) is 5.82 Å². The Labute approximate surface area is 93.0 Å². The molecule has 2 heterocycles.